The predicted octanol–water partition coefficient (Wildman–Crippen LogP) is 5.30. The van der Waals surface area contributed by atoms with Gasteiger partial charge in [0.25, 0.3) is 5.89 Å². The number of nitrogens with one attached hydrogen (secondary N) is 1. The number of benzene rings is 2. The maximum atomic E-state index is 12.9. The van der Waals surface area contributed by atoms with Gasteiger partial charge in [0.05, 0.1) is 23.6 Å². The third kappa shape index (κ3) is 4.98. The molecule has 0 fully saturated rings. The van der Waals surface area contributed by atoms with Crippen molar-refractivity contribution in [1.82, 2.24) is 10.1 Å². The molecular formula is C22H25N3O3S. The highest BCUT2D eigenvalue weighted by atomic mass is 32.2. The van der Waals surface area contributed by atoms with Gasteiger partial charge in [-0.1, -0.05) is 31.1 Å². The molecule has 0 aliphatic heterocycles. The van der Waals surface area contributed by atoms with Gasteiger partial charge in [-0.2, -0.15) is 4.98 Å². The van der Waals surface area contributed by atoms with Crippen molar-refractivity contribution >= 4 is 23.4 Å². The van der Waals surface area contributed by atoms with Gasteiger partial charge in [-0.25, -0.2) is 0 Å². The lowest BCUT2D eigenvalue weighted by Gasteiger charge is -2.15. The zero-order valence-corrected chi connectivity index (χ0v) is 18.0. The van der Waals surface area contributed by atoms with Gasteiger partial charge in [0.2, 0.25) is 5.91 Å². The fraction of sp³-hybridized carbons (Fsp3) is 0.318. The first-order chi connectivity index (χ1) is 13.9. The van der Waals surface area contributed by atoms with Crippen molar-refractivity contribution in [2.45, 2.75) is 43.8 Å². The van der Waals surface area contributed by atoms with Crippen LogP contribution in [-0.2, 0) is 4.79 Å². The average Bonchev–Trinajstić information content (AvgIpc) is 3.20. The molecule has 6 nitrogen and oxygen atoms in total. The fourth-order valence-electron chi connectivity index (χ4n) is 2.73. The highest BCUT2D eigenvalue weighted by Crippen LogP contribution is 2.32. The van der Waals surface area contributed by atoms with Crippen LogP contribution >= 0.6 is 11.8 Å². The van der Waals surface area contributed by atoms with Gasteiger partial charge < -0.3 is 14.6 Å². The molecule has 0 bridgehead atoms. The van der Waals surface area contributed by atoms with E-state index in [9.17, 15) is 4.79 Å². The number of hydrogen-bond donors (Lipinski definition) is 1. The van der Waals surface area contributed by atoms with Crippen LogP contribution in [0.4, 0.5) is 5.69 Å². The second-order valence-corrected chi connectivity index (χ2v) is 8.45. The Morgan fingerprint density at radius 3 is 2.48 bits per heavy atom. The van der Waals surface area contributed by atoms with Crippen molar-refractivity contribution in [3.8, 4) is 17.2 Å². The number of rotatable bonds is 7. The van der Waals surface area contributed by atoms with E-state index in [-0.39, 0.29) is 17.1 Å². The van der Waals surface area contributed by atoms with Crippen LogP contribution in [0.2, 0.25) is 0 Å². The molecule has 2 aromatic carbocycles. The number of amides is 1. The van der Waals surface area contributed by atoms with Crippen molar-refractivity contribution in [3.05, 3.63) is 53.9 Å². The number of aromatic nitrogens is 2. The number of carbonyl (C=O) groups is 1. The fourth-order valence-corrected chi connectivity index (χ4v) is 3.59. The molecule has 1 aromatic heterocycles. The van der Waals surface area contributed by atoms with Gasteiger partial charge in [0.1, 0.15) is 5.75 Å². The van der Waals surface area contributed by atoms with Crippen LogP contribution in [0.5, 0.6) is 5.75 Å². The summed E-state index contributed by atoms with van der Waals surface area (Å²) in [6.07, 6.45) is 0. The Hall–Kier alpha value is -2.80. The summed E-state index contributed by atoms with van der Waals surface area (Å²) in [6, 6.07) is 13.4. The topological polar surface area (TPSA) is 77.2 Å². The van der Waals surface area contributed by atoms with E-state index in [4.69, 9.17) is 9.26 Å². The molecule has 0 aliphatic rings. The molecular weight excluding hydrogens is 386 g/mol. The van der Waals surface area contributed by atoms with Crippen LogP contribution < -0.4 is 10.1 Å². The number of aryl methyl sites for hydroxylation is 1. The molecule has 3 rings (SSSR count). The largest absolute Gasteiger partial charge is 0.497 e. The van der Waals surface area contributed by atoms with E-state index in [2.05, 4.69) is 15.5 Å². The molecule has 0 saturated heterocycles. The highest BCUT2D eigenvalue weighted by molar-refractivity contribution is 8.00. The van der Waals surface area contributed by atoms with Gasteiger partial charge in [-0.05, 0) is 49.7 Å². The van der Waals surface area contributed by atoms with E-state index >= 15 is 0 Å². The van der Waals surface area contributed by atoms with Gasteiger partial charge in [0.15, 0.2) is 5.82 Å². The van der Waals surface area contributed by atoms with Crippen LogP contribution in [0.1, 0.15) is 38.1 Å². The molecule has 1 N–H and O–H groups in total. The minimum absolute atomic E-state index is 0.0926. The monoisotopic (exact) mass is 411 g/mol. The van der Waals surface area contributed by atoms with Gasteiger partial charge in [-0.15, -0.1) is 11.8 Å². The molecule has 1 unspecified atom stereocenters. The van der Waals surface area contributed by atoms with Gasteiger partial charge >= 0.3 is 0 Å². The molecule has 3 aromatic rings. The SMILES string of the molecule is COc1ccc(SC(C)C(=O)Nc2c(C)cccc2-c2nc(C(C)C)no2)cc1. The zero-order valence-electron chi connectivity index (χ0n) is 17.2. The number of hydrogen-bond acceptors (Lipinski definition) is 6. The number of ether oxygens (including phenoxy) is 1. The lowest BCUT2D eigenvalue weighted by atomic mass is 10.1. The quantitative estimate of drug-likeness (QED) is 0.532. The van der Waals surface area contributed by atoms with Crippen LogP contribution in [-0.4, -0.2) is 28.4 Å². The zero-order chi connectivity index (χ0) is 21.0. The molecule has 1 heterocycles. The van der Waals surface area contributed by atoms with E-state index in [0.29, 0.717) is 17.4 Å². The molecule has 152 valence electrons. The summed E-state index contributed by atoms with van der Waals surface area (Å²) < 4.78 is 10.6. The van der Waals surface area contributed by atoms with Gasteiger partial charge in [0, 0.05) is 10.8 Å². The molecule has 29 heavy (non-hydrogen) atoms. The van der Waals surface area contributed by atoms with Crippen LogP contribution in [0.25, 0.3) is 11.5 Å². The van der Waals surface area contributed by atoms with E-state index in [1.807, 2.05) is 70.2 Å². The van der Waals surface area contributed by atoms with Crippen LogP contribution in [0.15, 0.2) is 51.9 Å². The summed E-state index contributed by atoms with van der Waals surface area (Å²) >= 11 is 1.49. The number of para-hydroxylation sites is 1. The molecule has 1 atom stereocenters. The predicted molar refractivity (Wildman–Crippen MR) is 116 cm³/mol. The van der Waals surface area contributed by atoms with Crippen LogP contribution in [0, 0.1) is 6.92 Å². The second kappa shape index (κ2) is 9.13. The minimum Gasteiger partial charge on any atom is -0.497 e. The summed E-state index contributed by atoms with van der Waals surface area (Å²) in [6.45, 7) is 7.84. The van der Waals surface area contributed by atoms with E-state index in [1.165, 1.54) is 11.8 Å². The summed E-state index contributed by atoms with van der Waals surface area (Å²) in [7, 11) is 1.63. The van der Waals surface area contributed by atoms with Crippen molar-refractivity contribution in [2.24, 2.45) is 0 Å². The molecule has 7 heteroatoms. The first kappa shape index (κ1) is 20.9. The Kier molecular flexibility index (Phi) is 6.59. The van der Waals surface area contributed by atoms with E-state index in [0.717, 1.165) is 21.8 Å². The lowest BCUT2D eigenvalue weighted by Crippen LogP contribution is -2.23. The van der Waals surface area contributed by atoms with Crippen molar-refractivity contribution < 1.29 is 14.1 Å². The number of anilines is 1. The summed E-state index contributed by atoms with van der Waals surface area (Å²) in [4.78, 5) is 18.3. The molecule has 0 saturated carbocycles. The Morgan fingerprint density at radius 2 is 1.86 bits per heavy atom. The Labute approximate surface area is 175 Å². The number of nitrogens with zero attached hydrogens (tertiary/aromatic N) is 2. The maximum Gasteiger partial charge on any atom is 0.260 e. The Bertz CT molecular complexity index is 983. The smallest absolute Gasteiger partial charge is 0.260 e. The maximum absolute atomic E-state index is 12.9. The summed E-state index contributed by atoms with van der Waals surface area (Å²) in [5.41, 5.74) is 2.35. The standard InChI is InChI=1S/C22H25N3O3S/c1-13(2)20-24-22(28-25-20)18-8-6-7-14(3)19(18)23-21(26)15(4)29-17-11-9-16(27-5)10-12-17/h6-13,15H,1-5H3,(H,23,26). The first-order valence-corrected chi connectivity index (χ1v) is 10.3. The normalized spacial score (nSPS) is 12.1. The summed E-state index contributed by atoms with van der Waals surface area (Å²) in [5.74, 6) is 1.91. The van der Waals surface area contributed by atoms with Crippen molar-refractivity contribution in [1.29, 1.82) is 0 Å². The number of thioether (sulfide) groups is 1. The van der Waals surface area contributed by atoms with E-state index in [1.54, 1.807) is 7.11 Å². The van der Waals surface area contributed by atoms with E-state index < -0.39 is 0 Å². The average molecular weight is 412 g/mol. The summed E-state index contributed by atoms with van der Waals surface area (Å²) in [5, 5.41) is 6.79. The molecule has 0 radical (unpaired) electrons. The first-order valence-electron chi connectivity index (χ1n) is 9.44. The molecule has 0 spiro atoms. The van der Waals surface area contributed by atoms with Gasteiger partial charge in [-0.3, -0.25) is 4.79 Å². The second-order valence-electron chi connectivity index (χ2n) is 7.03. The minimum atomic E-state index is -0.287. The number of carbonyl (C=O) groups excluding carboxylic acids is 1. The van der Waals surface area contributed by atoms with Crippen molar-refractivity contribution in [2.75, 3.05) is 12.4 Å². The Balaban J connectivity index is 1.78. The molecule has 0 aliphatic carbocycles. The third-order valence-corrected chi connectivity index (χ3v) is 5.56. The van der Waals surface area contributed by atoms with Crippen molar-refractivity contribution in [3.63, 3.8) is 0 Å². The number of methoxy groups -OCH3 is 1. The lowest BCUT2D eigenvalue weighted by molar-refractivity contribution is -0.115. The van der Waals surface area contributed by atoms with Crippen LogP contribution in [0.3, 0.4) is 0 Å². The Morgan fingerprint density at radius 1 is 1.14 bits per heavy atom. The third-order valence-electron chi connectivity index (χ3n) is 4.45. The highest BCUT2D eigenvalue weighted by Gasteiger charge is 2.20. The molecule has 1 amide bonds.